The Balaban J connectivity index is 1.98. The second-order valence-corrected chi connectivity index (χ2v) is 8.97. The molecule has 0 aliphatic carbocycles. The summed E-state index contributed by atoms with van der Waals surface area (Å²) in [7, 11) is 4.02. The highest BCUT2D eigenvalue weighted by atomic mass is 32.2. The van der Waals surface area contributed by atoms with Crippen LogP contribution in [0.3, 0.4) is 0 Å². The van der Waals surface area contributed by atoms with Gasteiger partial charge < -0.3 is 15.0 Å². The van der Waals surface area contributed by atoms with Gasteiger partial charge in [-0.1, -0.05) is 50.6 Å². The fourth-order valence-corrected chi connectivity index (χ4v) is 4.33. The van der Waals surface area contributed by atoms with Gasteiger partial charge in [-0.05, 0) is 37.5 Å². The molecule has 1 aromatic heterocycles. The molecule has 2 aromatic rings. The molecule has 0 amide bonds. The summed E-state index contributed by atoms with van der Waals surface area (Å²) in [4.78, 5) is 19.8. The van der Waals surface area contributed by atoms with Gasteiger partial charge in [0.1, 0.15) is 6.04 Å². The smallest absolute Gasteiger partial charge is 0.338 e. The first-order valence-corrected chi connectivity index (χ1v) is 12.0. The summed E-state index contributed by atoms with van der Waals surface area (Å²) in [6.45, 7) is 6.57. The molecule has 0 saturated heterocycles. The van der Waals surface area contributed by atoms with Gasteiger partial charge in [0, 0.05) is 31.2 Å². The molecule has 1 N–H and O–H groups in total. The van der Waals surface area contributed by atoms with Crippen LogP contribution in [0, 0.1) is 0 Å². The van der Waals surface area contributed by atoms with E-state index >= 15 is 0 Å². The summed E-state index contributed by atoms with van der Waals surface area (Å²) < 4.78 is 7.42. The predicted octanol–water partition coefficient (Wildman–Crippen LogP) is 4.87. The quantitative estimate of drug-likeness (QED) is 0.319. The van der Waals surface area contributed by atoms with Gasteiger partial charge in [0.05, 0.1) is 12.2 Å². The van der Waals surface area contributed by atoms with Gasteiger partial charge in [0.2, 0.25) is 11.1 Å². The number of allylic oxidation sites excluding steroid dienone is 1. The zero-order chi connectivity index (χ0) is 22.4. The van der Waals surface area contributed by atoms with Gasteiger partial charge in [-0.3, -0.25) is 0 Å². The molecule has 1 atom stereocenters. The maximum Gasteiger partial charge on any atom is 0.338 e. The molecule has 31 heavy (non-hydrogen) atoms. The molecular formula is C23H33N5O2S. The van der Waals surface area contributed by atoms with Crippen molar-refractivity contribution < 1.29 is 9.53 Å². The molecule has 1 aliphatic heterocycles. The van der Waals surface area contributed by atoms with E-state index in [0.717, 1.165) is 53.5 Å². The molecule has 1 aliphatic rings. The Morgan fingerprint density at radius 1 is 1.19 bits per heavy atom. The number of unbranched alkanes of at least 4 members (excludes halogenated alkanes) is 2. The third-order valence-electron chi connectivity index (χ3n) is 5.24. The van der Waals surface area contributed by atoms with E-state index in [2.05, 4.69) is 41.2 Å². The third kappa shape index (κ3) is 5.42. The van der Waals surface area contributed by atoms with Crippen molar-refractivity contribution in [1.82, 2.24) is 14.8 Å². The number of nitrogens with zero attached hydrogens (tertiary/aromatic N) is 4. The van der Waals surface area contributed by atoms with Gasteiger partial charge in [0.25, 0.3) is 0 Å². The van der Waals surface area contributed by atoms with Crippen LogP contribution in [0.4, 0.5) is 11.6 Å². The second-order valence-electron chi connectivity index (χ2n) is 7.91. The van der Waals surface area contributed by atoms with E-state index in [-0.39, 0.29) is 12.0 Å². The van der Waals surface area contributed by atoms with Crippen molar-refractivity contribution in [1.29, 1.82) is 0 Å². The summed E-state index contributed by atoms with van der Waals surface area (Å²) in [5, 5.41) is 8.74. The minimum atomic E-state index is -0.380. The Labute approximate surface area is 189 Å². The van der Waals surface area contributed by atoms with E-state index in [1.54, 1.807) is 11.8 Å². The average molecular weight is 444 g/mol. The molecule has 168 valence electrons. The number of fused-ring (bicyclic) bond motifs is 1. The topological polar surface area (TPSA) is 72.3 Å². The summed E-state index contributed by atoms with van der Waals surface area (Å²) in [6.07, 6.45) is 4.07. The largest absolute Gasteiger partial charge is 0.462 e. The van der Waals surface area contributed by atoms with E-state index in [4.69, 9.17) is 9.84 Å². The van der Waals surface area contributed by atoms with Gasteiger partial charge in [0.15, 0.2) is 0 Å². The predicted molar refractivity (Wildman–Crippen MR) is 127 cm³/mol. The first-order chi connectivity index (χ1) is 15.0. The van der Waals surface area contributed by atoms with E-state index in [9.17, 15) is 4.79 Å². The Morgan fingerprint density at radius 2 is 1.90 bits per heavy atom. The number of hydrogen-bond acceptors (Lipinski definition) is 7. The maximum atomic E-state index is 13.1. The first kappa shape index (κ1) is 23.2. The summed E-state index contributed by atoms with van der Waals surface area (Å²) in [5.74, 6) is 1.32. The number of thioether (sulfide) groups is 1. The molecule has 0 spiro atoms. The number of carbonyl (C=O) groups excluding carboxylic acids is 1. The van der Waals surface area contributed by atoms with Gasteiger partial charge in [-0.15, -0.1) is 5.10 Å². The highest BCUT2D eigenvalue weighted by Gasteiger charge is 2.35. The van der Waals surface area contributed by atoms with Crippen molar-refractivity contribution in [3.05, 3.63) is 41.1 Å². The minimum absolute atomic E-state index is 0.304. The summed E-state index contributed by atoms with van der Waals surface area (Å²) >= 11 is 1.65. The van der Waals surface area contributed by atoms with Crippen molar-refractivity contribution in [2.75, 3.05) is 36.7 Å². The number of carbonyl (C=O) groups is 1. The molecule has 2 heterocycles. The summed E-state index contributed by atoms with van der Waals surface area (Å²) in [5.41, 5.74) is 3.41. The number of aromatic nitrogens is 3. The van der Waals surface area contributed by atoms with E-state index < -0.39 is 0 Å². The Bertz CT molecular complexity index is 921. The molecule has 0 fully saturated rings. The van der Waals surface area contributed by atoms with Crippen molar-refractivity contribution in [2.45, 2.75) is 57.7 Å². The molecule has 8 heteroatoms. The average Bonchev–Trinajstić information content (AvgIpc) is 3.15. The lowest BCUT2D eigenvalue weighted by Gasteiger charge is -2.28. The molecular weight excluding hydrogens is 410 g/mol. The third-order valence-corrected chi connectivity index (χ3v) is 6.16. The molecule has 3 rings (SSSR count). The highest BCUT2D eigenvalue weighted by Crippen LogP contribution is 2.37. The fraction of sp³-hybridized carbons (Fsp3) is 0.522. The van der Waals surface area contributed by atoms with Crippen molar-refractivity contribution in [2.24, 2.45) is 0 Å². The molecule has 0 radical (unpaired) electrons. The lowest BCUT2D eigenvalue weighted by atomic mass is 9.95. The normalized spacial score (nSPS) is 15.5. The second kappa shape index (κ2) is 10.7. The van der Waals surface area contributed by atoms with Crippen molar-refractivity contribution in [3.63, 3.8) is 0 Å². The Morgan fingerprint density at radius 3 is 2.55 bits per heavy atom. The van der Waals surface area contributed by atoms with Gasteiger partial charge in [-0.2, -0.15) is 4.98 Å². The monoisotopic (exact) mass is 443 g/mol. The van der Waals surface area contributed by atoms with Crippen LogP contribution in [0.2, 0.25) is 0 Å². The number of esters is 1. The lowest BCUT2D eigenvalue weighted by molar-refractivity contribution is -0.139. The number of hydrogen-bond donors (Lipinski definition) is 1. The Kier molecular flexibility index (Phi) is 8.01. The maximum absolute atomic E-state index is 13.1. The molecule has 1 aromatic carbocycles. The van der Waals surface area contributed by atoms with Gasteiger partial charge >= 0.3 is 5.97 Å². The van der Waals surface area contributed by atoms with Gasteiger partial charge in [-0.25, -0.2) is 9.48 Å². The summed E-state index contributed by atoms with van der Waals surface area (Å²) in [6, 6.07) is 7.83. The molecule has 0 saturated carbocycles. The molecule has 1 unspecified atom stereocenters. The van der Waals surface area contributed by atoms with Crippen LogP contribution in [0.15, 0.2) is 40.7 Å². The van der Waals surface area contributed by atoms with Crippen LogP contribution in [0.5, 0.6) is 0 Å². The molecule has 7 nitrogen and oxygen atoms in total. The number of nitrogens with one attached hydrogen (secondary N) is 1. The fourth-order valence-electron chi connectivity index (χ4n) is 3.41. The van der Waals surface area contributed by atoms with E-state index in [0.29, 0.717) is 18.1 Å². The Hall–Kier alpha value is -2.48. The van der Waals surface area contributed by atoms with Crippen molar-refractivity contribution >= 4 is 29.4 Å². The lowest BCUT2D eigenvalue weighted by Crippen LogP contribution is -2.29. The van der Waals surface area contributed by atoms with Crippen molar-refractivity contribution in [3.8, 4) is 0 Å². The number of rotatable bonds is 10. The minimum Gasteiger partial charge on any atom is -0.462 e. The highest BCUT2D eigenvalue weighted by molar-refractivity contribution is 7.99. The molecule has 0 bridgehead atoms. The van der Waals surface area contributed by atoms with E-state index in [1.807, 2.05) is 37.8 Å². The van der Waals surface area contributed by atoms with E-state index in [1.165, 1.54) is 0 Å². The zero-order valence-electron chi connectivity index (χ0n) is 19.1. The number of ether oxygens (including phenoxy) is 1. The van der Waals surface area contributed by atoms with Crippen LogP contribution < -0.4 is 10.2 Å². The number of benzene rings is 1. The number of anilines is 2. The first-order valence-electron chi connectivity index (χ1n) is 11.0. The van der Waals surface area contributed by atoms with Crippen LogP contribution in [0.1, 0.15) is 58.1 Å². The SMILES string of the molecule is CCCCOC(=O)C1=C(C)Nc2nc(SCCCC)nn2C1c1ccc(N(C)C)cc1. The van der Waals surface area contributed by atoms with Crippen LogP contribution in [-0.2, 0) is 9.53 Å². The standard InChI is InChI=1S/C23H33N5O2S/c1-6-8-14-30-21(29)19-16(3)24-22-25-23(31-15-9-7-2)26-28(22)20(19)17-10-12-18(13-11-17)27(4)5/h10-13,20H,6-9,14-15H2,1-5H3,(H,24,25,26). The zero-order valence-corrected chi connectivity index (χ0v) is 20.0. The van der Waals surface area contributed by atoms with Crippen LogP contribution in [-0.4, -0.2) is 47.2 Å². The van der Waals surface area contributed by atoms with Crippen LogP contribution in [0.25, 0.3) is 0 Å². The van der Waals surface area contributed by atoms with Crippen LogP contribution >= 0.6 is 11.8 Å².